The molecule has 0 amide bonds. The van der Waals surface area contributed by atoms with E-state index in [9.17, 15) is 0 Å². The standard InChI is InChI=1S/C31H30N2S2/c1-17(2)11-22-18(3)34-26-15-24-27(14-23(22)26)35-30-28(32-16-33-29(24)30)20-12-19-9-7-8-10-21(19)25(13-20)31(4,5)6/h7-10,12-17H,11H2,1-6H3. The van der Waals surface area contributed by atoms with Crippen LogP contribution in [-0.2, 0) is 11.8 Å². The van der Waals surface area contributed by atoms with Gasteiger partial charge in [-0.1, -0.05) is 58.9 Å². The number of nitrogens with zero attached hydrogens (tertiary/aromatic N) is 2. The van der Waals surface area contributed by atoms with Crippen LogP contribution >= 0.6 is 22.7 Å². The summed E-state index contributed by atoms with van der Waals surface area (Å²) in [5, 5.41) is 5.24. The molecule has 0 atom stereocenters. The van der Waals surface area contributed by atoms with Crippen molar-refractivity contribution < 1.29 is 0 Å². The molecule has 0 radical (unpaired) electrons. The van der Waals surface area contributed by atoms with Crippen LogP contribution in [0, 0.1) is 12.8 Å². The normalized spacial score (nSPS) is 12.7. The number of hydrogen-bond donors (Lipinski definition) is 0. The van der Waals surface area contributed by atoms with Gasteiger partial charge in [-0.15, -0.1) is 22.7 Å². The van der Waals surface area contributed by atoms with Gasteiger partial charge in [0.1, 0.15) is 6.33 Å². The highest BCUT2D eigenvalue weighted by atomic mass is 32.1. The van der Waals surface area contributed by atoms with Crippen LogP contribution in [0.3, 0.4) is 0 Å². The Bertz CT molecular complexity index is 1750. The molecule has 3 heterocycles. The van der Waals surface area contributed by atoms with E-state index in [1.807, 2.05) is 22.7 Å². The third kappa shape index (κ3) is 3.75. The number of aromatic nitrogens is 2. The molecule has 0 aliphatic heterocycles. The van der Waals surface area contributed by atoms with Crippen molar-refractivity contribution in [2.75, 3.05) is 0 Å². The Balaban J connectivity index is 1.62. The van der Waals surface area contributed by atoms with Gasteiger partial charge in [0, 0.05) is 25.2 Å². The molecule has 6 aromatic rings. The summed E-state index contributed by atoms with van der Waals surface area (Å²) in [7, 11) is 0. The highest BCUT2D eigenvalue weighted by Gasteiger charge is 2.21. The molecular formula is C31H30N2S2. The summed E-state index contributed by atoms with van der Waals surface area (Å²) in [4.78, 5) is 11.1. The van der Waals surface area contributed by atoms with E-state index >= 15 is 0 Å². The fourth-order valence-corrected chi connectivity index (χ4v) is 7.58. The largest absolute Gasteiger partial charge is 0.235 e. The molecule has 0 aliphatic rings. The van der Waals surface area contributed by atoms with Gasteiger partial charge in [-0.25, -0.2) is 9.97 Å². The molecule has 0 aliphatic carbocycles. The predicted molar refractivity (Wildman–Crippen MR) is 155 cm³/mol. The van der Waals surface area contributed by atoms with Crippen molar-refractivity contribution in [2.24, 2.45) is 5.92 Å². The first-order valence-corrected chi connectivity index (χ1v) is 14.0. The number of benzene rings is 3. The Morgan fingerprint density at radius 1 is 0.857 bits per heavy atom. The Morgan fingerprint density at radius 2 is 1.60 bits per heavy atom. The van der Waals surface area contributed by atoms with E-state index in [4.69, 9.17) is 9.97 Å². The van der Waals surface area contributed by atoms with Gasteiger partial charge < -0.3 is 0 Å². The van der Waals surface area contributed by atoms with Crippen LogP contribution in [0.25, 0.3) is 52.4 Å². The molecule has 0 N–H and O–H groups in total. The van der Waals surface area contributed by atoms with E-state index < -0.39 is 0 Å². The molecule has 35 heavy (non-hydrogen) atoms. The second-order valence-electron chi connectivity index (χ2n) is 11.1. The summed E-state index contributed by atoms with van der Waals surface area (Å²) in [6.45, 7) is 13.7. The van der Waals surface area contributed by atoms with Gasteiger partial charge in [0.15, 0.2) is 0 Å². The van der Waals surface area contributed by atoms with Gasteiger partial charge in [-0.05, 0) is 76.2 Å². The summed E-state index contributed by atoms with van der Waals surface area (Å²) >= 11 is 3.75. The number of thiophene rings is 2. The molecule has 0 saturated carbocycles. The Kier molecular flexibility index (Phi) is 5.24. The van der Waals surface area contributed by atoms with Crippen LogP contribution in [0.2, 0.25) is 0 Å². The van der Waals surface area contributed by atoms with Gasteiger partial charge in [0.2, 0.25) is 0 Å². The molecule has 0 unspecified atom stereocenters. The summed E-state index contributed by atoms with van der Waals surface area (Å²) in [5.74, 6) is 0.645. The molecule has 2 nitrogen and oxygen atoms in total. The highest BCUT2D eigenvalue weighted by molar-refractivity contribution is 7.26. The van der Waals surface area contributed by atoms with E-state index in [2.05, 4.69) is 90.1 Å². The van der Waals surface area contributed by atoms with E-state index in [1.54, 1.807) is 6.33 Å². The minimum atomic E-state index is 0.0387. The van der Waals surface area contributed by atoms with Crippen LogP contribution < -0.4 is 0 Å². The van der Waals surface area contributed by atoms with Crippen molar-refractivity contribution in [2.45, 2.75) is 53.4 Å². The summed E-state index contributed by atoms with van der Waals surface area (Å²) in [6.07, 6.45) is 2.86. The molecule has 0 bridgehead atoms. The lowest BCUT2D eigenvalue weighted by atomic mass is 9.82. The van der Waals surface area contributed by atoms with E-state index in [-0.39, 0.29) is 5.41 Å². The minimum Gasteiger partial charge on any atom is -0.235 e. The van der Waals surface area contributed by atoms with Crippen molar-refractivity contribution in [3.63, 3.8) is 0 Å². The summed E-state index contributed by atoms with van der Waals surface area (Å²) in [5.41, 5.74) is 6.18. The first-order valence-electron chi connectivity index (χ1n) is 12.3. The minimum absolute atomic E-state index is 0.0387. The van der Waals surface area contributed by atoms with Crippen molar-refractivity contribution in [1.29, 1.82) is 0 Å². The number of fused-ring (bicyclic) bond motifs is 5. The monoisotopic (exact) mass is 494 g/mol. The molecular weight excluding hydrogens is 464 g/mol. The average molecular weight is 495 g/mol. The zero-order valence-corrected chi connectivity index (χ0v) is 22.8. The van der Waals surface area contributed by atoms with Crippen LogP contribution in [-0.4, -0.2) is 9.97 Å². The van der Waals surface area contributed by atoms with Crippen LogP contribution in [0.5, 0.6) is 0 Å². The van der Waals surface area contributed by atoms with E-state index in [1.165, 1.54) is 57.2 Å². The molecule has 0 spiro atoms. The topological polar surface area (TPSA) is 25.8 Å². The summed E-state index contributed by atoms with van der Waals surface area (Å²) in [6, 6.07) is 18.1. The van der Waals surface area contributed by atoms with Gasteiger partial charge >= 0.3 is 0 Å². The van der Waals surface area contributed by atoms with Gasteiger partial charge in [0.05, 0.1) is 15.9 Å². The number of rotatable bonds is 3. The first-order chi connectivity index (χ1) is 16.7. The van der Waals surface area contributed by atoms with Crippen LogP contribution in [0.15, 0.2) is 54.9 Å². The van der Waals surface area contributed by atoms with Crippen molar-refractivity contribution in [1.82, 2.24) is 9.97 Å². The van der Waals surface area contributed by atoms with Crippen molar-refractivity contribution >= 4 is 63.8 Å². The maximum Gasteiger partial charge on any atom is 0.116 e. The van der Waals surface area contributed by atoms with Crippen LogP contribution in [0.1, 0.15) is 50.6 Å². The smallest absolute Gasteiger partial charge is 0.116 e. The number of hydrogen-bond acceptors (Lipinski definition) is 4. The maximum absolute atomic E-state index is 4.83. The molecule has 3 aromatic carbocycles. The average Bonchev–Trinajstić information content (AvgIpc) is 3.32. The molecule has 6 rings (SSSR count). The Hall–Kier alpha value is -2.82. The zero-order valence-electron chi connectivity index (χ0n) is 21.2. The van der Waals surface area contributed by atoms with E-state index in [0.29, 0.717) is 5.92 Å². The lowest BCUT2D eigenvalue weighted by Gasteiger charge is -2.22. The van der Waals surface area contributed by atoms with Crippen molar-refractivity contribution in [3.8, 4) is 11.3 Å². The summed E-state index contributed by atoms with van der Waals surface area (Å²) < 4.78 is 3.84. The number of aryl methyl sites for hydroxylation is 1. The SMILES string of the molecule is Cc1sc2cc3c(cc2c1CC(C)C)sc1c(-c2cc(C(C)(C)C)c4ccccc4c2)ncnc13. The molecule has 0 saturated heterocycles. The predicted octanol–water partition coefficient (Wildman–Crippen LogP) is 9.68. The first kappa shape index (κ1) is 22.6. The lowest BCUT2D eigenvalue weighted by molar-refractivity contribution is 0.596. The highest BCUT2D eigenvalue weighted by Crippen LogP contribution is 2.43. The van der Waals surface area contributed by atoms with Crippen LogP contribution in [0.4, 0.5) is 0 Å². The Morgan fingerprint density at radius 3 is 2.37 bits per heavy atom. The maximum atomic E-state index is 4.83. The van der Waals surface area contributed by atoms with Gasteiger partial charge in [-0.2, -0.15) is 0 Å². The van der Waals surface area contributed by atoms with Gasteiger partial charge in [0.25, 0.3) is 0 Å². The molecule has 176 valence electrons. The lowest BCUT2D eigenvalue weighted by Crippen LogP contribution is -2.12. The molecule has 3 aromatic heterocycles. The second kappa shape index (κ2) is 8.11. The molecule has 0 fully saturated rings. The van der Waals surface area contributed by atoms with Crippen molar-refractivity contribution in [3.05, 3.63) is 70.9 Å². The zero-order chi connectivity index (χ0) is 24.5. The fourth-order valence-electron chi connectivity index (χ4n) is 5.27. The van der Waals surface area contributed by atoms with E-state index in [0.717, 1.165) is 17.6 Å². The second-order valence-corrected chi connectivity index (χ2v) is 13.4. The Labute approximate surface area is 214 Å². The molecule has 4 heteroatoms. The third-order valence-corrected chi connectivity index (χ3v) is 9.18. The van der Waals surface area contributed by atoms with Gasteiger partial charge in [-0.3, -0.25) is 0 Å². The fraction of sp³-hybridized carbons (Fsp3) is 0.290. The quantitative estimate of drug-likeness (QED) is 0.245. The third-order valence-electron chi connectivity index (χ3n) is 6.92.